The fourth-order valence-corrected chi connectivity index (χ4v) is 4.52. The lowest BCUT2D eigenvalue weighted by Crippen LogP contribution is -2.37. The number of fused-ring (bicyclic) bond motifs is 2. The fourth-order valence-electron chi connectivity index (χ4n) is 4.52. The molecule has 5 heterocycles. The number of hydrogen-bond acceptors (Lipinski definition) is 6. The van der Waals surface area contributed by atoms with Crippen molar-refractivity contribution in [3.8, 4) is 11.3 Å². The highest BCUT2D eigenvalue weighted by Gasteiger charge is 2.37. The molecule has 0 spiro atoms. The normalized spacial score (nSPS) is 22.3. The maximum absolute atomic E-state index is 5.04. The summed E-state index contributed by atoms with van der Waals surface area (Å²) in [5.41, 5.74) is 6.06. The van der Waals surface area contributed by atoms with E-state index in [1.54, 1.807) is 0 Å². The second-order valence-corrected chi connectivity index (χ2v) is 8.81. The van der Waals surface area contributed by atoms with E-state index in [1.165, 1.54) is 0 Å². The zero-order valence-electron chi connectivity index (χ0n) is 18.2. The highest BCUT2D eigenvalue weighted by Crippen LogP contribution is 2.42. The zero-order valence-corrected chi connectivity index (χ0v) is 18.2. The van der Waals surface area contributed by atoms with Gasteiger partial charge in [0.15, 0.2) is 0 Å². The molecule has 3 aromatic heterocycles. The molecule has 7 heteroatoms. The van der Waals surface area contributed by atoms with Gasteiger partial charge < -0.3 is 10.2 Å². The minimum absolute atomic E-state index is 0.0947. The van der Waals surface area contributed by atoms with Gasteiger partial charge in [0.25, 0.3) is 0 Å². The van der Waals surface area contributed by atoms with Crippen LogP contribution in [0.4, 0.5) is 11.6 Å². The Labute approximate surface area is 177 Å². The van der Waals surface area contributed by atoms with Crippen molar-refractivity contribution in [2.75, 3.05) is 25.5 Å². The van der Waals surface area contributed by atoms with Crippen molar-refractivity contribution in [3.63, 3.8) is 0 Å². The molecule has 156 valence electrons. The Balaban J connectivity index is 1.44. The summed E-state index contributed by atoms with van der Waals surface area (Å²) in [7, 11) is 2.17. The van der Waals surface area contributed by atoms with Gasteiger partial charge in [0.2, 0.25) is 5.95 Å². The van der Waals surface area contributed by atoms with E-state index < -0.39 is 0 Å². The van der Waals surface area contributed by atoms with Gasteiger partial charge in [-0.05, 0) is 71.4 Å². The Hall–Kier alpha value is -2.80. The van der Waals surface area contributed by atoms with E-state index in [0.717, 1.165) is 66.2 Å². The Morgan fingerprint density at radius 3 is 2.77 bits per heavy atom. The third-order valence-electron chi connectivity index (χ3n) is 6.93. The first-order valence-corrected chi connectivity index (χ1v) is 10.8. The largest absolute Gasteiger partial charge is 0.350 e. The van der Waals surface area contributed by atoms with Crippen LogP contribution in [-0.2, 0) is 5.41 Å². The van der Waals surface area contributed by atoms with Crippen molar-refractivity contribution < 1.29 is 0 Å². The summed E-state index contributed by atoms with van der Waals surface area (Å²) in [5.74, 6) is 0.684. The third-order valence-corrected chi connectivity index (χ3v) is 6.93. The van der Waals surface area contributed by atoms with Crippen LogP contribution in [0.1, 0.15) is 45.7 Å². The summed E-state index contributed by atoms with van der Waals surface area (Å²) in [4.78, 5) is 16.7. The molecule has 1 fully saturated rings. The molecule has 0 saturated carbocycles. The van der Waals surface area contributed by atoms with Gasteiger partial charge in [-0.15, -0.1) is 5.10 Å². The average molecular weight is 404 g/mol. The van der Waals surface area contributed by atoms with Gasteiger partial charge in [-0.25, -0.2) is 14.5 Å². The quantitative estimate of drug-likeness (QED) is 0.711. The summed E-state index contributed by atoms with van der Waals surface area (Å²) in [6, 6.07) is 6.64. The van der Waals surface area contributed by atoms with Crippen LogP contribution in [0.2, 0.25) is 0 Å². The number of aliphatic imine (C=N–C) groups is 1. The first-order chi connectivity index (χ1) is 14.5. The molecule has 0 radical (unpaired) electrons. The lowest BCUT2D eigenvalue weighted by atomic mass is 9.81. The maximum atomic E-state index is 5.04. The molecule has 3 aromatic rings. The molecule has 2 aliphatic rings. The highest BCUT2D eigenvalue weighted by atomic mass is 15.3. The first-order valence-electron chi connectivity index (χ1n) is 10.8. The smallest absolute Gasteiger partial charge is 0.241 e. The van der Waals surface area contributed by atoms with Crippen molar-refractivity contribution in [3.05, 3.63) is 36.3 Å². The highest BCUT2D eigenvalue weighted by molar-refractivity contribution is 5.99. The molecule has 2 aliphatic heterocycles. The predicted octanol–water partition coefficient (Wildman–Crippen LogP) is 4.07. The molecule has 7 nitrogen and oxygen atoms in total. The summed E-state index contributed by atoms with van der Waals surface area (Å²) in [6.45, 7) is 8.75. The van der Waals surface area contributed by atoms with Crippen molar-refractivity contribution in [1.29, 1.82) is 0 Å². The molecule has 1 N–H and O–H groups in total. The molecular formula is C23H29N7. The molecular weight excluding hydrogens is 374 g/mol. The van der Waals surface area contributed by atoms with Gasteiger partial charge in [-0.2, -0.15) is 0 Å². The number of nitrogens with zero attached hydrogens (tertiary/aromatic N) is 6. The number of hydrogen-bond donors (Lipinski definition) is 1. The molecule has 1 atom stereocenters. The van der Waals surface area contributed by atoms with Crippen LogP contribution >= 0.6 is 0 Å². The fraction of sp³-hybridized carbons (Fsp3) is 0.478. The molecule has 5 rings (SSSR count). The summed E-state index contributed by atoms with van der Waals surface area (Å²) in [5, 5.41) is 8.19. The lowest BCUT2D eigenvalue weighted by Gasteiger charge is -2.29. The topological polar surface area (TPSA) is 70.7 Å². The Morgan fingerprint density at radius 1 is 1.20 bits per heavy atom. The van der Waals surface area contributed by atoms with Crippen molar-refractivity contribution in [2.45, 2.75) is 51.5 Å². The molecule has 30 heavy (non-hydrogen) atoms. The van der Waals surface area contributed by atoms with Gasteiger partial charge in [0.1, 0.15) is 0 Å². The zero-order chi connectivity index (χ0) is 20.9. The third kappa shape index (κ3) is 3.08. The number of nitrogens with one attached hydrogen (secondary N) is 1. The van der Waals surface area contributed by atoms with Gasteiger partial charge in [-0.1, -0.05) is 6.92 Å². The van der Waals surface area contributed by atoms with E-state index in [1.807, 2.05) is 16.9 Å². The number of pyridine rings is 1. The maximum Gasteiger partial charge on any atom is 0.241 e. The van der Waals surface area contributed by atoms with E-state index in [9.17, 15) is 0 Å². The van der Waals surface area contributed by atoms with Gasteiger partial charge in [0, 0.05) is 28.9 Å². The number of aromatic nitrogens is 4. The standard InChI is InChI=1S/C23H29N7/c1-5-23(3)15(2)25-19-7-6-18(27-21(19)23)17-10-13-30-20(17)14-24-22(28-30)26-16-8-11-29(4)12-9-16/h6-7,10,13-14,16H,5,8-9,11-12H2,1-4H3,(H,26,28). The number of likely N-dealkylation sites (tertiary alicyclic amines) is 1. The van der Waals surface area contributed by atoms with E-state index >= 15 is 0 Å². The predicted molar refractivity (Wildman–Crippen MR) is 121 cm³/mol. The van der Waals surface area contributed by atoms with Crippen molar-refractivity contribution in [1.82, 2.24) is 24.5 Å². The van der Waals surface area contributed by atoms with Crippen LogP contribution in [-0.4, -0.2) is 56.4 Å². The molecule has 0 bridgehead atoms. The Bertz CT molecular complexity index is 1120. The first kappa shape index (κ1) is 19.2. The number of anilines is 1. The van der Waals surface area contributed by atoms with Crippen LogP contribution in [0.5, 0.6) is 0 Å². The van der Waals surface area contributed by atoms with Crippen LogP contribution in [0.15, 0.2) is 35.6 Å². The van der Waals surface area contributed by atoms with Crippen LogP contribution in [0.3, 0.4) is 0 Å². The lowest BCUT2D eigenvalue weighted by molar-refractivity contribution is 0.263. The van der Waals surface area contributed by atoms with Gasteiger partial charge in [-0.3, -0.25) is 4.99 Å². The summed E-state index contributed by atoms with van der Waals surface area (Å²) >= 11 is 0. The SMILES string of the molecule is CCC1(C)C(C)=Nc2ccc(-c3ccn4nc(NC5CCN(C)CC5)ncc34)nc21. The second-order valence-electron chi connectivity index (χ2n) is 8.81. The molecule has 0 aliphatic carbocycles. The van der Waals surface area contributed by atoms with Crippen molar-refractivity contribution in [2.24, 2.45) is 4.99 Å². The molecule has 1 unspecified atom stereocenters. The van der Waals surface area contributed by atoms with Crippen LogP contribution in [0.25, 0.3) is 16.8 Å². The Morgan fingerprint density at radius 2 is 2.00 bits per heavy atom. The molecule has 1 saturated heterocycles. The number of rotatable bonds is 4. The van der Waals surface area contributed by atoms with Crippen molar-refractivity contribution >= 4 is 22.9 Å². The van der Waals surface area contributed by atoms with E-state index in [4.69, 9.17) is 15.1 Å². The van der Waals surface area contributed by atoms with E-state index in [-0.39, 0.29) is 5.41 Å². The summed E-state index contributed by atoms with van der Waals surface area (Å²) < 4.78 is 1.90. The van der Waals surface area contributed by atoms with Gasteiger partial charge in [0.05, 0.1) is 28.8 Å². The molecule has 0 aromatic carbocycles. The van der Waals surface area contributed by atoms with Crippen LogP contribution in [0, 0.1) is 0 Å². The minimum atomic E-state index is -0.0947. The van der Waals surface area contributed by atoms with E-state index in [2.05, 4.69) is 61.2 Å². The van der Waals surface area contributed by atoms with Gasteiger partial charge >= 0.3 is 0 Å². The summed E-state index contributed by atoms with van der Waals surface area (Å²) in [6.07, 6.45) is 7.10. The van der Waals surface area contributed by atoms with Crippen LogP contribution < -0.4 is 5.32 Å². The van der Waals surface area contributed by atoms with E-state index in [0.29, 0.717) is 12.0 Å². The number of piperidine rings is 1. The minimum Gasteiger partial charge on any atom is -0.350 e. The molecule has 0 amide bonds. The second kappa shape index (κ2) is 7.16. The Kier molecular flexibility index (Phi) is 4.58. The monoisotopic (exact) mass is 403 g/mol. The average Bonchev–Trinajstić information content (AvgIpc) is 3.28.